The molecule has 0 radical (unpaired) electrons. The van der Waals surface area contributed by atoms with Crippen LogP contribution in [0.2, 0.25) is 0 Å². The highest BCUT2D eigenvalue weighted by molar-refractivity contribution is 5.62. The Morgan fingerprint density at radius 1 is 1.41 bits per heavy atom. The predicted molar refractivity (Wildman–Crippen MR) is 66.7 cm³/mol. The Hall–Kier alpha value is -2.10. The fraction of sp³-hybridized carbons (Fsp3) is 0.231. The van der Waals surface area contributed by atoms with Crippen molar-refractivity contribution >= 4 is 5.95 Å². The van der Waals surface area contributed by atoms with Gasteiger partial charge in [0, 0.05) is 24.8 Å². The second kappa shape index (κ2) is 3.73. The highest BCUT2D eigenvalue weighted by Crippen LogP contribution is 2.18. The minimum atomic E-state index is 0.533. The molecule has 3 rings (SSSR count). The highest BCUT2D eigenvalue weighted by atomic mass is 15.2. The average molecular weight is 226 g/mol. The first kappa shape index (κ1) is 10.1. The Bertz CT molecular complexity index is 628. The number of hydrogen-bond acceptors (Lipinski definition) is 3. The van der Waals surface area contributed by atoms with Gasteiger partial charge in [0.1, 0.15) is 5.49 Å². The van der Waals surface area contributed by atoms with Crippen molar-refractivity contribution in [2.45, 2.75) is 13.5 Å². The lowest BCUT2D eigenvalue weighted by Crippen LogP contribution is -2.20. The van der Waals surface area contributed by atoms with E-state index in [1.54, 1.807) is 6.20 Å². The van der Waals surface area contributed by atoms with Crippen molar-refractivity contribution in [3.05, 3.63) is 41.5 Å². The summed E-state index contributed by atoms with van der Waals surface area (Å²) in [5, 5.41) is 11.4. The van der Waals surface area contributed by atoms with Gasteiger partial charge in [-0.15, -0.1) is 0 Å². The number of benzene rings is 1. The molecule has 1 aliphatic rings. The molecule has 1 aromatic carbocycles. The Labute approximate surface area is 99.5 Å². The van der Waals surface area contributed by atoms with E-state index in [1.807, 2.05) is 16.7 Å². The Morgan fingerprint density at radius 2 is 2.29 bits per heavy atom. The summed E-state index contributed by atoms with van der Waals surface area (Å²) in [6.07, 6.45) is 1.78. The minimum Gasteiger partial charge on any atom is -0.354 e. The number of fused-ring (bicyclic) bond motifs is 1. The zero-order chi connectivity index (χ0) is 11.8. The van der Waals surface area contributed by atoms with Crippen molar-refractivity contribution in [2.24, 2.45) is 0 Å². The van der Waals surface area contributed by atoms with Gasteiger partial charge in [0.15, 0.2) is 0 Å². The van der Waals surface area contributed by atoms with Crippen molar-refractivity contribution in [1.82, 2.24) is 9.55 Å². The maximum absolute atomic E-state index is 8.22. The number of hydrogen-bond donors (Lipinski definition) is 2. The molecule has 4 heteroatoms. The van der Waals surface area contributed by atoms with Crippen molar-refractivity contribution < 1.29 is 0 Å². The maximum Gasteiger partial charge on any atom is 0.204 e. The van der Waals surface area contributed by atoms with Crippen LogP contribution in [-0.2, 0) is 6.54 Å². The van der Waals surface area contributed by atoms with Gasteiger partial charge >= 0.3 is 0 Å². The summed E-state index contributed by atoms with van der Waals surface area (Å²) in [5.41, 5.74) is 3.68. The van der Waals surface area contributed by atoms with E-state index in [2.05, 4.69) is 29.4 Å². The van der Waals surface area contributed by atoms with Gasteiger partial charge in [-0.3, -0.25) is 9.98 Å². The molecule has 0 bridgehead atoms. The van der Waals surface area contributed by atoms with Gasteiger partial charge in [-0.2, -0.15) is 0 Å². The molecule has 0 atom stereocenters. The van der Waals surface area contributed by atoms with Gasteiger partial charge in [-0.25, -0.2) is 4.98 Å². The fourth-order valence-electron chi connectivity index (χ4n) is 2.17. The summed E-state index contributed by atoms with van der Waals surface area (Å²) in [7, 11) is 0. The number of rotatable bonds is 1. The average Bonchev–Trinajstić information content (AvgIpc) is 2.78. The Balaban J connectivity index is 2.20. The zero-order valence-electron chi connectivity index (χ0n) is 9.70. The molecule has 2 heterocycles. The third-order valence-corrected chi connectivity index (χ3v) is 3.04. The minimum absolute atomic E-state index is 0.533. The van der Waals surface area contributed by atoms with Crippen LogP contribution < -0.4 is 10.8 Å². The first-order chi connectivity index (χ1) is 8.25. The van der Waals surface area contributed by atoms with E-state index >= 15 is 0 Å². The molecule has 1 aromatic heterocycles. The summed E-state index contributed by atoms with van der Waals surface area (Å²) < 4.78 is 1.91. The largest absolute Gasteiger partial charge is 0.354 e. The number of aryl methyl sites for hydroxylation is 1. The second-order valence-electron chi connectivity index (χ2n) is 4.29. The molecule has 0 saturated heterocycles. The number of nitrogens with zero attached hydrogens (tertiary/aromatic N) is 2. The van der Waals surface area contributed by atoms with E-state index in [1.165, 1.54) is 5.56 Å². The van der Waals surface area contributed by atoms with Crippen LogP contribution in [0.3, 0.4) is 0 Å². The number of aromatic nitrogens is 2. The standard InChI is InChI=1S/C13H14N4/c1-9-3-2-4-10(7-9)11-8-16-13-15-5-6-17(13)12(11)14/h2-4,7-8,14H,5-6H2,1H3,(H,15,16). The van der Waals surface area contributed by atoms with Crippen molar-refractivity contribution in [1.29, 1.82) is 5.41 Å². The van der Waals surface area contributed by atoms with Gasteiger partial charge in [0.2, 0.25) is 5.95 Å². The molecule has 2 aromatic rings. The maximum atomic E-state index is 8.22. The molecule has 0 spiro atoms. The normalized spacial score (nSPS) is 13.2. The van der Waals surface area contributed by atoms with E-state index in [0.717, 1.165) is 30.2 Å². The lowest BCUT2D eigenvalue weighted by atomic mass is 10.1. The predicted octanol–water partition coefficient (Wildman–Crippen LogP) is 1.76. The molecular formula is C13H14N4. The monoisotopic (exact) mass is 226 g/mol. The van der Waals surface area contributed by atoms with Crippen LogP contribution in [0.1, 0.15) is 5.56 Å². The quantitative estimate of drug-likeness (QED) is 0.778. The van der Waals surface area contributed by atoms with E-state index in [9.17, 15) is 0 Å². The number of nitrogens with one attached hydrogen (secondary N) is 2. The summed E-state index contributed by atoms with van der Waals surface area (Å²) >= 11 is 0. The van der Waals surface area contributed by atoms with Crippen LogP contribution in [-0.4, -0.2) is 16.1 Å². The lowest BCUT2D eigenvalue weighted by molar-refractivity contribution is 0.737. The van der Waals surface area contributed by atoms with Crippen molar-refractivity contribution in [3.8, 4) is 11.1 Å². The second-order valence-corrected chi connectivity index (χ2v) is 4.29. The molecule has 2 N–H and O–H groups in total. The molecule has 0 unspecified atom stereocenters. The molecule has 17 heavy (non-hydrogen) atoms. The van der Waals surface area contributed by atoms with Crippen LogP contribution >= 0.6 is 0 Å². The van der Waals surface area contributed by atoms with Gasteiger partial charge in [-0.05, 0) is 12.5 Å². The van der Waals surface area contributed by atoms with Gasteiger partial charge in [0.05, 0.1) is 0 Å². The molecular weight excluding hydrogens is 212 g/mol. The van der Waals surface area contributed by atoms with Gasteiger partial charge in [0.25, 0.3) is 0 Å². The Kier molecular flexibility index (Phi) is 2.21. The van der Waals surface area contributed by atoms with Crippen LogP contribution in [0, 0.1) is 12.3 Å². The summed E-state index contributed by atoms with van der Waals surface area (Å²) in [6.45, 7) is 3.74. The lowest BCUT2D eigenvalue weighted by Gasteiger charge is -2.07. The number of anilines is 1. The molecule has 0 fully saturated rings. The van der Waals surface area contributed by atoms with Crippen molar-refractivity contribution in [2.75, 3.05) is 11.9 Å². The third-order valence-electron chi connectivity index (χ3n) is 3.04. The summed E-state index contributed by atoms with van der Waals surface area (Å²) in [4.78, 5) is 4.36. The fourth-order valence-corrected chi connectivity index (χ4v) is 2.17. The van der Waals surface area contributed by atoms with E-state index in [0.29, 0.717) is 5.49 Å². The van der Waals surface area contributed by atoms with Gasteiger partial charge < -0.3 is 5.32 Å². The van der Waals surface area contributed by atoms with Crippen LogP contribution in [0.25, 0.3) is 11.1 Å². The van der Waals surface area contributed by atoms with Gasteiger partial charge in [-0.1, -0.05) is 29.8 Å². The zero-order valence-corrected chi connectivity index (χ0v) is 9.70. The molecule has 0 aliphatic carbocycles. The first-order valence-electron chi connectivity index (χ1n) is 5.71. The van der Waals surface area contributed by atoms with Crippen molar-refractivity contribution in [3.63, 3.8) is 0 Å². The molecule has 86 valence electrons. The van der Waals surface area contributed by atoms with Crippen LogP contribution in [0.5, 0.6) is 0 Å². The van der Waals surface area contributed by atoms with Crippen LogP contribution in [0.15, 0.2) is 30.5 Å². The third kappa shape index (κ3) is 1.62. The highest BCUT2D eigenvalue weighted by Gasteiger charge is 2.13. The summed E-state index contributed by atoms with van der Waals surface area (Å²) in [6, 6.07) is 8.19. The molecule has 4 nitrogen and oxygen atoms in total. The van der Waals surface area contributed by atoms with E-state index in [-0.39, 0.29) is 0 Å². The van der Waals surface area contributed by atoms with E-state index in [4.69, 9.17) is 5.41 Å². The topological polar surface area (TPSA) is 53.7 Å². The first-order valence-corrected chi connectivity index (χ1v) is 5.71. The molecule has 0 amide bonds. The van der Waals surface area contributed by atoms with Crippen LogP contribution in [0.4, 0.5) is 5.95 Å². The molecule has 1 aliphatic heterocycles. The smallest absolute Gasteiger partial charge is 0.204 e. The summed E-state index contributed by atoms with van der Waals surface area (Å²) in [5.74, 6) is 0.798. The molecule has 0 saturated carbocycles. The SMILES string of the molecule is Cc1cccc(-c2cnc3n(c2=N)CCN3)c1. The van der Waals surface area contributed by atoms with E-state index < -0.39 is 0 Å². The Morgan fingerprint density at radius 3 is 3.12 bits per heavy atom.